The van der Waals surface area contributed by atoms with E-state index in [2.05, 4.69) is 5.32 Å². The van der Waals surface area contributed by atoms with Crippen LogP contribution in [0.4, 0.5) is 5.69 Å². The van der Waals surface area contributed by atoms with E-state index in [9.17, 15) is 9.59 Å². The second-order valence-electron chi connectivity index (χ2n) is 4.29. The number of nitrogens with one attached hydrogen (secondary N) is 1. The number of rotatable bonds is 5. The number of hydrogen-bond acceptors (Lipinski definition) is 3. The Bertz CT molecular complexity index is 423. The molecular formula is C14H20N2O3. The number of nitrogens with zero attached hydrogens (tertiary/aromatic N) is 1. The van der Waals surface area contributed by atoms with Crippen LogP contribution in [0.1, 0.15) is 26.7 Å². The summed E-state index contributed by atoms with van der Waals surface area (Å²) in [6, 6.07) is 6.00. The lowest BCUT2D eigenvalue weighted by Crippen LogP contribution is -2.40. The van der Waals surface area contributed by atoms with Crippen molar-refractivity contribution < 1.29 is 14.7 Å². The quantitative estimate of drug-likeness (QED) is 0.631. The lowest BCUT2D eigenvalue weighted by atomic mass is 10.3. The summed E-state index contributed by atoms with van der Waals surface area (Å²) < 4.78 is 0. The monoisotopic (exact) mass is 264 g/mol. The first-order valence-corrected chi connectivity index (χ1v) is 6.47. The highest BCUT2D eigenvalue weighted by atomic mass is 16.3. The van der Waals surface area contributed by atoms with Crippen LogP contribution in [0.5, 0.6) is 5.75 Å². The van der Waals surface area contributed by atoms with Gasteiger partial charge in [0, 0.05) is 18.8 Å². The van der Waals surface area contributed by atoms with Crippen LogP contribution in [0.25, 0.3) is 0 Å². The summed E-state index contributed by atoms with van der Waals surface area (Å²) in [7, 11) is 0. The number of benzene rings is 1. The Hall–Kier alpha value is -2.04. The van der Waals surface area contributed by atoms with Gasteiger partial charge in [-0.25, -0.2) is 0 Å². The van der Waals surface area contributed by atoms with E-state index < -0.39 is 11.8 Å². The van der Waals surface area contributed by atoms with Gasteiger partial charge in [-0.1, -0.05) is 13.8 Å². The fourth-order valence-electron chi connectivity index (χ4n) is 1.73. The molecule has 0 aromatic heterocycles. The second-order valence-corrected chi connectivity index (χ2v) is 4.29. The molecule has 0 atom stereocenters. The molecule has 1 aromatic carbocycles. The lowest BCUT2D eigenvalue weighted by Gasteiger charge is -2.20. The molecule has 0 aliphatic rings. The highest BCUT2D eigenvalue weighted by Gasteiger charge is 2.20. The molecule has 0 fully saturated rings. The number of phenolic OH excluding ortho intramolecular Hbond substituents is 1. The summed E-state index contributed by atoms with van der Waals surface area (Å²) in [5, 5.41) is 11.7. The van der Waals surface area contributed by atoms with Crippen molar-refractivity contribution in [3.05, 3.63) is 24.3 Å². The molecule has 104 valence electrons. The molecule has 0 unspecified atom stereocenters. The van der Waals surface area contributed by atoms with E-state index in [0.29, 0.717) is 18.8 Å². The van der Waals surface area contributed by atoms with Crippen molar-refractivity contribution in [2.24, 2.45) is 0 Å². The third-order valence-corrected chi connectivity index (χ3v) is 2.59. The Morgan fingerprint density at radius 3 is 2.11 bits per heavy atom. The van der Waals surface area contributed by atoms with Gasteiger partial charge in [-0.2, -0.15) is 0 Å². The standard InChI is InChI=1S/C14H20N2O3/c1-3-9-16(10-4-2)14(19)13(18)15-11-5-7-12(17)8-6-11/h5-8,17H,3-4,9-10H2,1-2H3,(H,15,18). The van der Waals surface area contributed by atoms with Crippen LogP contribution < -0.4 is 5.32 Å². The van der Waals surface area contributed by atoms with Crippen molar-refractivity contribution in [1.29, 1.82) is 0 Å². The topological polar surface area (TPSA) is 69.6 Å². The molecule has 1 aromatic rings. The van der Waals surface area contributed by atoms with E-state index in [4.69, 9.17) is 5.11 Å². The first kappa shape index (κ1) is 15.0. The van der Waals surface area contributed by atoms with Crippen molar-refractivity contribution in [2.75, 3.05) is 18.4 Å². The first-order valence-electron chi connectivity index (χ1n) is 6.47. The highest BCUT2D eigenvalue weighted by molar-refractivity contribution is 6.39. The Morgan fingerprint density at radius 2 is 1.63 bits per heavy atom. The number of phenols is 1. The summed E-state index contributed by atoms with van der Waals surface area (Å²) in [5.41, 5.74) is 0.490. The van der Waals surface area contributed by atoms with Gasteiger partial charge < -0.3 is 15.3 Å². The predicted molar refractivity (Wildman–Crippen MR) is 73.9 cm³/mol. The summed E-state index contributed by atoms with van der Waals surface area (Å²) >= 11 is 0. The second kappa shape index (κ2) is 7.41. The van der Waals surface area contributed by atoms with Gasteiger partial charge in [0.15, 0.2) is 0 Å². The fraction of sp³-hybridized carbons (Fsp3) is 0.429. The molecule has 0 heterocycles. The third kappa shape index (κ3) is 4.62. The molecule has 0 saturated heterocycles. The minimum absolute atomic E-state index is 0.114. The van der Waals surface area contributed by atoms with Crippen LogP contribution in [-0.4, -0.2) is 34.9 Å². The predicted octanol–water partition coefficient (Wildman–Crippen LogP) is 1.98. The van der Waals surface area contributed by atoms with E-state index >= 15 is 0 Å². The minimum atomic E-state index is -0.646. The molecule has 1 rings (SSSR count). The van der Waals surface area contributed by atoms with Gasteiger partial charge in [0.05, 0.1) is 0 Å². The highest BCUT2D eigenvalue weighted by Crippen LogP contribution is 2.13. The Morgan fingerprint density at radius 1 is 1.11 bits per heavy atom. The maximum absolute atomic E-state index is 12.0. The fourth-order valence-corrected chi connectivity index (χ4v) is 1.73. The van der Waals surface area contributed by atoms with Crippen LogP contribution in [0.15, 0.2) is 24.3 Å². The van der Waals surface area contributed by atoms with Gasteiger partial charge >= 0.3 is 11.8 Å². The molecular weight excluding hydrogens is 244 g/mol. The zero-order valence-electron chi connectivity index (χ0n) is 11.3. The van der Waals surface area contributed by atoms with Crippen LogP contribution in [0, 0.1) is 0 Å². The van der Waals surface area contributed by atoms with E-state index in [-0.39, 0.29) is 5.75 Å². The van der Waals surface area contributed by atoms with E-state index in [1.54, 1.807) is 17.0 Å². The third-order valence-electron chi connectivity index (χ3n) is 2.59. The van der Waals surface area contributed by atoms with Crippen LogP contribution in [-0.2, 0) is 9.59 Å². The number of hydrogen-bond donors (Lipinski definition) is 2. The zero-order chi connectivity index (χ0) is 14.3. The van der Waals surface area contributed by atoms with Gasteiger partial charge in [-0.15, -0.1) is 0 Å². The average Bonchev–Trinajstić information content (AvgIpc) is 2.40. The van der Waals surface area contributed by atoms with Crippen LogP contribution >= 0.6 is 0 Å². The van der Waals surface area contributed by atoms with Gasteiger partial charge in [0.2, 0.25) is 0 Å². The number of amides is 2. The molecule has 19 heavy (non-hydrogen) atoms. The minimum Gasteiger partial charge on any atom is -0.508 e. The molecule has 0 spiro atoms. The number of aromatic hydroxyl groups is 1. The van der Waals surface area contributed by atoms with Gasteiger partial charge in [0.1, 0.15) is 5.75 Å². The Balaban J connectivity index is 2.65. The molecule has 5 heteroatoms. The first-order chi connectivity index (χ1) is 9.08. The van der Waals surface area contributed by atoms with E-state index in [1.165, 1.54) is 12.1 Å². The van der Waals surface area contributed by atoms with Crippen molar-refractivity contribution in [2.45, 2.75) is 26.7 Å². The SMILES string of the molecule is CCCN(CCC)C(=O)C(=O)Nc1ccc(O)cc1. The Labute approximate surface area is 113 Å². The number of anilines is 1. The maximum Gasteiger partial charge on any atom is 0.313 e. The van der Waals surface area contributed by atoms with Crippen molar-refractivity contribution >= 4 is 17.5 Å². The largest absolute Gasteiger partial charge is 0.508 e. The van der Waals surface area contributed by atoms with Crippen molar-refractivity contribution in [3.8, 4) is 5.75 Å². The average molecular weight is 264 g/mol. The number of carbonyl (C=O) groups excluding carboxylic acids is 2. The molecule has 0 saturated carbocycles. The molecule has 0 aliphatic carbocycles. The molecule has 0 radical (unpaired) electrons. The summed E-state index contributed by atoms with van der Waals surface area (Å²) in [6.45, 7) is 5.09. The number of carbonyl (C=O) groups is 2. The maximum atomic E-state index is 12.0. The Kier molecular flexibility index (Phi) is 5.85. The van der Waals surface area contributed by atoms with Crippen LogP contribution in [0.2, 0.25) is 0 Å². The van der Waals surface area contributed by atoms with Gasteiger partial charge in [0.25, 0.3) is 0 Å². The molecule has 2 amide bonds. The van der Waals surface area contributed by atoms with Crippen molar-refractivity contribution in [3.63, 3.8) is 0 Å². The van der Waals surface area contributed by atoms with E-state index in [0.717, 1.165) is 12.8 Å². The lowest BCUT2D eigenvalue weighted by molar-refractivity contribution is -0.143. The summed E-state index contributed by atoms with van der Waals surface area (Å²) in [6.07, 6.45) is 1.64. The van der Waals surface area contributed by atoms with E-state index in [1.807, 2.05) is 13.8 Å². The van der Waals surface area contributed by atoms with Crippen molar-refractivity contribution in [1.82, 2.24) is 4.90 Å². The smallest absolute Gasteiger partial charge is 0.313 e. The molecule has 5 nitrogen and oxygen atoms in total. The molecule has 0 bridgehead atoms. The zero-order valence-corrected chi connectivity index (χ0v) is 11.3. The normalized spacial score (nSPS) is 10.0. The van der Waals surface area contributed by atoms with Gasteiger partial charge in [-0.05, 0) is 37.1 Å². The summed E-state index contributed by atoms with van der Waals surface area (Å²) in [5.74, 6) is -1.05. The summed E-state index contributed by atoms with van der Waals surface area (Å²) in [4.78, 5) is 25.3. The van der Waals surface area contributed by atoms with Gasteiger partial charge in [-0.3, -0.25) is 9.59 Å². The molecule has 2 N–H and O–H groups in total. The molecule has 0 aliphatic heterocycles. The van der Waals surface area contributed by atoms with Crippen LogP contribution in [0.3, 0.4) is 0 Å².